The molecular formula is C22H26ClN3O3. The Morgan fingerprint density at radius 2 is 1.86 bits per heavy atom. The Morgan fingerprint density at radius 3 is 2.48 bits per heavy atom. The van der Waals surface area contributed by atoms with E-state index in [1.807, 2.05) is 57.2 Å². The molecule has 1 fully saturated rings. The monoisotopic (exact) mass is 415 g/mol. The van der Waals surface area contributed by atoms with Crippen LogP contribution in [0.3, 0.4) is 0 Å². The van der Waals surface area contributed by atoms with Gasteiger partial charge in [0.1, 0.15) is 11.8 Å². The number of carbonyl (C=O) groups excluding carboxylic acids is 1. The van der Waals surface area contributed by atoms with E-state index in [0.29, 0.717) is 11.4 Å². The summed E-state index contributed by atoms with van der Waals surface area (Å²) in [5.74, 6) is 0.707. The average Bonchev–Trinajstić information content (AvgIpc) is 3.36. The Morgan fingerprint density at radius 1 is 1.17 bits per heavy atom. The van der Waals surface area contributed by atoms with Crippen molar-refractivity contribution in [3.8, 4) is 0 Å². The molecule has 2 aliphatic heterocycles. The van der Waals surface area contributed by atoms with E-state index < -0.39 is 0 Å². The standard InChI is InChI=1S/C22H26ClN3O3/c1-14-12-25(13-15(2)29-14)16(3)22(27)26-20(21-5-4-10-28-21)11-19(24-26)17-6-8-18(23)9-7-17/h4-10,14-16,20H,11-13H2,1-3H3/t14-,15-,16-,20-/m0/s1. The molecule has 4 atom stereocenters. The molecular weight excluding hydrogens is 390 g/mol. The summed E-state index contributed by atoms with van der Waals surface area (Å²) >= 11 is 6.02. The van der Waals surface area contributed by atoms with Crippen LogP contribution >= 0.6 is 11.6 Å². The number of carbonyl (C=O) groups is 1. The Balaban J connectivity index is 1.60. The molecule has 2 aliphatic rings. The number of amides is 1. The Hall–Kier alpha value is -2.15. The predicted octanol–water partition coefficient (Wildman–Crippen LogP) is 4.11. The zero-order valence-corrected chi connectivity index (χ0v) is 17.7. The van der Waals surface area contributed by atoms with Gasteiger partial charge in [-0.05, 0) is 50.6 Å². The Labute approximate surface area is 176 Å². The SMILES string of the molecule is C[C@H]1CN([C@@H](C)C(=O)N2N=C(c3ccc(Cl)cc3)C[C@H]2c2ccco2)C[C@H](C)O1. The fourth-order valence-electron chi connectivity index (χ4n) is 4.11. The van der Waals surface area contributed by atoms with Gasteiger partial charge in [-0.2, -0.15) is 5.10 Å². The highest BCUT2D eigenvalue weighted by atomic mass is 35.5. The van der Waals surface area contributed by atoms with Crippen molar-refractivity contribution in [3.63, 3.8) is 0 Å². The van der Waals surface area contributed by atoms with Gasteiger partial charge in [0.2, 0.25) is 0 Å². The van der Waals surface area contributed by atoms with Gasteiger partial charge in [0.25, 0.3) is 5.91 Å². The Kier molecular flexibility index (Phi) is 5.76. The van der Waals surface area contributed by atoms with E-state index in [1.165, 1.54) is 0 Å². The number of morpholine rings is 1. The van der Waals surface area contributed by atoms with Crippen LogP contribution in [0.15, 0.2) is 52.2 Å². The normalized spacial score (nSPS) is 26.4. The third-order valence-corrected chi connectivity index (χ3v) is 5.79. The molecule has 1 amide bonds. The minimum Gasteiger partial charge on any atom is -0.467 e. The minimum absolute atomic E-state index is 0.0309. The van der Waals surface area contributed by atoms with Crippen molar-refractivity contribution in [2.75, 3.05) is 13.1 Å². The summed E-state index contributed by atoms with van der Waals surface area (Å²) in [6.45, 7) is 7.48. The highest BCUT2D eigenvalue weighted by Gasteiger charge is 2.39. The van der Waals surface area contributed by atoms with Gasteiger partial charge in [0.15, 0.2) is 0 Å². The first-order chi connectivity index (χ1) is 13.9. The van der Waals surface area contributed by atoms with E-state index in [9.17, 15) is 4.79 Å². The van der Waals surface area contributed by atoms with Gasteiger partial charge < -0.3 is 9.15 Å². The number of nitrogens with zero attached hydrogens (tertiary/aromatic N) is 3. The van der Waals surface area contributed by atoms with Crippen LogP contribution < -0.4 is 0 Å². The second-order valence-corrected chi connectivity index (χ2v) is 8.30. The summed E-state index contributed by atoms with van der Waals surface area (Å²) in [7, 11) is 0. The van der Waals surface area contributed by atoms with Crippen molar-refractivity contribution in [2.24, 2.45) is 5.10 Å². The first-order valence-corrected chi connectivity index (χ1v) is 10.4. The molecule has 1 saturated heterocycles. The average molecular weight is 416 g/mol. The maximum absolute atomic E-state index is 13.5. The number of furan rings is 1. The van der Waals surface area contributed by atoms with Gasteiger partial charge in [0, 0.05) is 24.5 Å². The summed E-state index contributed by atoms with van der Waals surface area (Å²) in [4.78, 5) is 15.6. The molecule has 6 nitrogen and oxygen atoms in total. The molecule has 0 saturated carbocycles. The maximum Gasteiger partial charge on any atom is 0.260 e. The molecule has 4 rings (SSSR count). The zero-order valence-electron chi connectivity index (χ0n) is 16.9. The van der Waals surface area contributed by atoms with Crippen LogP contribution in [0.1, 0.15) is 44.6 Å². The second-order valence-electron chi connectivity index (χ2n) is 7.86. The van der Waals surface area contributed by atoms with E-state index in [4.69, 9.17) is 25.9 Å². The van der Waals surface area contributed by atoms with Crippen LogP contribution in [0.4, 0.5) is 0 Å². The summed E-state index contributed by atoms with van der Waals surface area (Å²) < 4.78 is 11.5. The zero-order chi connectivity index (χ0) is 20.5. The lowest BCUT2D eigenvalue weighted by atomic mass is 10.0. The number of hydrogen-bond acceptors (Lipinski definition) is 5. The van der Waals surface area contributed by atoms with Crippen molar-refractivity contribution in [1.29, 1.82) is 0 Å². The first-order valence-electron chi connectivity index (χ1n) is 10.0. The molecule has 7 heteroatoms. The van der Waals surface area contributed by atoms with Crippen molar-refractivity contribution < 1.29 is 13.9 Å². The van der Waals surface area contributed by atoms with Crippen molar-refractivity contribution in [2.45, 2.75) is 51.5 Å². The van der Waals surface area contributed by atoms with E-state index in [1.54, 1.807) is 11.3 Å². The molecule has 1 aromatic heterocycles. The quantitative estimate of drug-likeness (QED) is 0.754. The van der Waals surface area contributed by atoms with Crippen LogP contribution in [-0.2, 0) is 9.53 Å². The molecule has 0 unspecified atom stereocenters. The minimum atomic E-state index is -0.297. The molecule has 3 heterocycles. The van der Waals surface area contributed by atoms with Crippen molar-refractivity contribution >= 4 is 23.2 Å². The summed E-state index contributed by atoms with van der Waals surface area (Å²) in [6.07, 6.45) is 2.43. The molecule has 154 valence electrons. The van der Waals surface area contributed by atoms with E-state index in [0.717, 1.165) is 30.1 Å². The topological polar surface area (TPSA) is 58.3 Å². The van der Waals surface area contributed by atoms with Crippen LogP contribution in [0, 0.1) is 0 Å². The van der Waals surface area contributed by atoms with Crippen LogP contribution in [0.25, 0.3) is 0 Å². The number of ether oxygens (including phenoxy) is 1. The number of hydrogen-bond donors (Lipinski definition) is 0. The van der Waals surface area contributed by atoms with Crippen LogP contribution in [0.2, 0.25) is 5.02 Å². The maximum atomic E-state index is 13.5. The van der Waals surface area contributed by atoms with Gasteiger partial charge in [-0.25, -0.2) is 5.01 Å². The number of benzene rings is 1. The molecule has 0 spiro atoms. The fraction of sp³-hybridized carbons (Fsp3) is 0.455. The number of halogens is 1. The molecule has 0 N–H and O–H groups in total. The van der Waals surface area contributed by atoms with Crippen LogP contribution in [-0.4, -0.2) is 52.9 Å². The highest BCUT2D eigenvalue weighted by molar-refractivity contribution is 6.30. The first kappa shape index (κ1) is 20.1. The van der Waals surface area contributed by atoms with Crippen molar-refractivity contribution in [1.82, 2.24) is 9.91 Å². The van der Waals surface area contributed by atoms with Crippen LogP contribution in [0.5, 0.6) is 0 Å². The Bertz CT molecular complexity index is 871. The van der Waals surface area contributed by atoms with Gasteiger partial charge in [-0.1, -0.05) is 23.7 Å². The van der Waals surface area contributed by atoms with E-state index >= 15 is 0 Å². The van der Waals surface area contributed by atoms with E-state index in [-0.39, 0.29) is 30.2 Å². The largest absolute Gasteiger partial charge is 0.467 e. The molecule has 29 heavy (non-hydrogen) atoms. The molecule has 0 radical (unpaired) electrons. The summed E-state index contributed by atoms with van der Waals surface area (Å²) in [5, 5.41) is 6.99. The predicted molar refractivity (Wildman–Crippen MR) is 112 cm³/mol. The second kappa shape index (κ2) is 8.30. The molecule has 2 aromatic rings. The lowest BCUT2D eigenvalue weighted by Crippen LogP contribution is -2.54. The van der Waals surface area contributed by atoms with Gasteiger partial charge in [-0.15, -0.1) is 0 Å². The van der Waals surface area contributed by atoms with Gasteiger partial charge >= 0.3 is 0 Å². The molecule has 0 bridgehead atoms. The number of rotatable bonds is 4. The van der Waals surface area contributed by atoms with Gasteiger partial charge in [0.05, 0.1) is 30.2 Å². The molecule has 0 aliphatic carbocycles. The molecule has 1 aromatic carbocycles. The fourth-order valence-corrected chi connectivity index (χ4v) is 4.24. The third-order valence-electron chi connectivity index (χ3n) is 5.54. The smallest absolute Gasteiger partial charge is 0.260 e. The van der Waals surface area contributed by atoms with E-state index in [2.05, 4.69) is 4.90 Å². The highest BCUT2D eigenvalue weighted by Crippen LogP contribution is 2.34. The lowest BCUT2D eigenvalue weighted by Gasteiger charge is -2.39. The summed E-state index contributed by atoms with van der Waals surface area (Å²) in [5.41, 5.74) is 1.81. The summed E-state index contributed by atoms with van der Waals surface area (Å²) in [6, 6.07) is 10.7. The lowest BCUT2D eigenvalue weighted by molar-refractivity contribution is -0.144. The van der Waals surface area contributed by atoms with Crippen molar-refractivity contribution in [3.05, 3.63) is 59.0 Å². The number of hydrazone groups is 1. The third kappa shape index (κ3) is 4.25. The van der Waals surface area contributed by atoms with Gasteiger partial charge in [-0.3, -0.25) is 9.69 Å².